The Morgan fingerprint density at radius 1 is 1.42 bits per heavy atom. The lowest BCUT2D eigenvalue weighted by atomic mass is 10.1. The van der Waals surface area contributed by atoms with Gasteiger partial charge in [0.2, 0.25) is 10.0 Å². The maximum atomic E-state index is 12.4. The van der Waals surface area contributed by atoms with Crippen LogP contribution in [0.4, 0.5) is 0 Å². The minimum absolute atomic E-state index is 0. The standard InChI is InChI=1S/C11H20N4O2S.ClH/c1-8-11(9(2)15(3)13-8)18(16,17)14-10-5-4-6-12-7-10;/h10,12,14H,4-7H2,1-3H3;1H/t10-;/m1./s1. The molecule has 0 saturated carbocycles. The van der Waals surface area contributed by atoms with Crippen LogP contribution in [0.2, 0.25) is 0 Å². The Morgan fingerprint density at radius 3 is 2.58 bits per heavy atom. The van der Waals surface area contributed by atoms with Crippen molar-refractivity contribution in [1.29, 1.82) is 0 Å². The zero-order chi connectivity index (χ0) is 13.3. The molecule has 1 fully saturated rings. The van der Waals surface area contributed by atoms with Crippen molar-refractivity contribution < 1.29 is 8.42 Å². The van der Waals surface area contributed by atoms with E-state index in [1.807, 2.05) is 0 Å². The SMILES string of the molecule is Cc1nn(C)c(C)c1S(=O)(=O)N[C@@H]1CCCNC1.Cl. The van der Waals surface area contributed by atoms with Crippen molar-refractivity contribution in [3.63, 3.8) is 0 Å². The predicted octanol–water partition coefficient (Wildman–Crippen LogP) is 0.489. The van der Waals surface area contributed by atoms with Crippen LogP contribution in [0.5, 0.6) is 0 Å². The van der Waals surface area contributed by atoms with E-state index in [2.05, 4.69) is 15.1 Å². The van der Waals surface area contributed by atoms with Crippen molar-refractivity contribution in [2.24, 2.45) is 7.05 Å². The number of piperidine rings is 1. The van der Waals surface area contributed by atoms with Gasteiger partial charge in [0, 0.05) is 19.6 Å². The van der Waals surface area contributed by atoms with Gasteiger partial charge < -0.3 is 5.32 Å². The van der Waals surface area contributed by atoms with E-state index in [0.29, 0.717) is 22.8 Å². The maximum absolute atomic E-state index is 12.4. The van der Waals surface area contributed by atoms with Gasteiger partial charge in [0.25, 0.3) is 0 Å². The van der Waals surface area contributed by atoms with Gasteiger partial charge >= 0.3 is 0 Å². The molecule has 2 rings (SSSR count). The summed E-state index contributed by atoms with van der Waals surface area (Å²) in [5.41, 5.74) is 1.22. The van der Waals surface area contributed by atoms with Crippen LogP contribution in [0.1, 0.15) is 24.2 Å². The minimum atomic E-state index is -3.47. The largest absolute Gasteiger partial charge is 0.315 e. The van der Waals surface area contributed by atoms with Gasteiger partial charge in [0.1, 0.15) is 4.90 Å². The second-order valence-corrected chi connectivity index (χ2v) is 6.44. The molecule has 2 N–H and O–H groups in total. The van der Waals surface area contributed by atoms with E-state index < -0.39 is 10.0 Å². The van der Waals surface area contributed by atoms with E-state index in [1.54, 1.807) is 25.6 Å². The van der Waals surface area contributed by atoms with E-state index in [4.69, 9.17) is 0 Å². The lowest BCUT2D eigenvalue weighted by Gasteiger charge is -2.23. The van der Waals surface area contributed by atoms with E-state index >= 15 is 0 Å². The number of halogens is 1. The lowest BCUT2D eigenvalue weighted by molar-refractivity contribution is 0.428. The van der Waals surface area contributed by atoms with Gasteiger partial charge in [-0.1, -0.05) is 0 Å². The average Bonchev–Trinajstić information content (AvgIpc) is 2.54. The average molecular weight is 309 g/mol. The molecule has 0 amide bonds. The third kappa shape index (κ3) is 3.47. The predicted molar refractivity (Wildman–Crippen MR) is 76.1 cm³/mol. The summed E-state index contributed by atoms with van der Waals surface area (Å²) >= 11 is 0. The van der Waals surface area contributed by atoms with Crippen LogP contribution in [0.15, 0.2) is 4.90 Å². The first-order valence-corrected chi connectivity index (χ1v) is 7.63. The highest BCUT2D eigenvalue weighted by Crippen LogP contribution is 2.19. The van der Waals surface area contributed by atoms with Crippen LogP contribution in [0, 0.1) is 13.8 Å². The monoisotopic (exact) mass is 308 g/mol. The number of hydrogen-bond donors (Lipinski definition) is 2. The molecule has 1 aliphatic heterocycles. The summed E-state index contributed by atoms with van der Waals surface area (Å²) in [6, 6.07) is -0.0252. The summed E-state index contributed by atoms with van der Waals surface area (Å²) in [4.78, 5) is 0.315. The number of hydrogen-bond acceptors (Lipinski definition) is 4. The summed E-state index contributed by atoms with van der Waals surface area (Å²) < 4.78 is 29.1. The minimum Gasteiger partial charge on any atom is -0.315 e. The third-order valence-corrected chi connectivity index (χ3v) is 5.10. The van der Waals surface area contributed by atoms with Crippen LogP contribution in [-0.2, 0) is 17.1 Å². The van der Waals surface area contributed by atoms with Crippen molar-refractivity contribution in [1.82, 2.24) is 19.8 Å². The van der Waals surface area contributed by atoms with Crippen molar-refractivity contribution >= 4 is 22.4 Å². The molecule has 19 heavy (non-hydrogen) atoms. The fourth-order valence-corrected chi connectivity index (χ4v) is 4.08. The van der Waals surface area contributed by atoms with Gasteiger partial charge in [-0.05, 0) is 33.2 Å². The van der Waals surface area contributed by atoms with Crippen LogP contribution in [-0.4, -0.2) is 37.3 Å². The van der Waals surface area contributed by atoms with Gasteiger partial charge in [0.05, 0.1) is 11.4 Å². The zero-order valence-corrected chi connectivity index (χ0v) is 13.1. The van der Waals surface area contributed by atoms with E-state index in [1.165, 1.54) is 0 Å². The number of aromatic nitrogens is 2. The van der Waals surface area contributed by atoms with E-state index in [0.717, 1.165) is 19.4 Å². The molecule has 2 heterocycles. The summed E-state index contributed by atoms with van der Waals surface area (Å²) in [5.74, 6) is 0. The van der Waals surface area contributed by atoms with E-state index in [9.17, 15) is 8.42 Å². The number of rotatable bonds is 3. The normalized spacial score (nSPS) is 20.1. The Balaban J connectivity index is 0.00000180. The molecule has 1 aliphatic rings. The third-order valence-electron chi connectivity index (χ3n) is 3.33. The first-order valence-electron chi connectivity index (χ1n) is 6.15. The molecular formula is C11H21ClN4O2S. The van der Waals surface area contributed by atoms with Crippen LogP contribution in [0.3, 0.4) is 0 Å². The second-order valence-electron chi connectivity index (χ2n) is 4.79. The molecule has 0 spiro atoms. The summed E-state index contributed by atoms with van der Waals surface area (Å²) in [6.07, 6.45) is 1.88. The Hall–Kier alpha value is -0.630. The Labute approximate surface area is 120 Å². The lowest BCUT2D eigenvalue weighted by Crippen LogP contribution is -2.45. The maximum Gasteiger partial charge on any atom is 0.244 e. The summed E-state index contributed by atoms with van der Waals surface area (Å²) in [7, 11) is -1.72. The highest BCUT2D eigenvalue weighted by atomic mass is 35.5. The van der Waals surface area contributed by atoms with E-state index in [-0.39, 0.29) is 18.4 Å². The smallest absolute Gasteiger partial charge is 0.244 e. The number of sulfonamides is 1. The van der Waals surface area contributed by atoms with Crippen molar-refractivity contribution in [3.8, 4) is 0 Å². The summed E-state index contributed by atoms with van der Waals surface area (Å²) in [5, 5.41) is 7.35. The number of aryl methyl sites for hydroxylation is 2. The molecule has 0 aliphatic carbocycles. The number of nitrogens with one attached hydrogen (secondary N) is 2. The number of nitrogens with zero attached hydrogens (tertiary/aromatic N) is 2. The Morgan fingerprint density at radius 2 is 2.11 bits per heavy atom. The topological polar surface area (TPSA) is 76.0 Å². The highest BCUT2D eigenvalue weighted by molar-refractivity contribution is 7.89. The van der Waals surface area contributed by atoms with Crippen LogP contribution < -0.4 is 10.0 Å². The molecule has 1 aromatic rings. The molecule has 1 saturated heterocycles. The Bertz CT molecular complexity index is 535. The van der Waals surface area contributed by atoms with Gasteiger partial charge in [-0.3, -0.25) is 4.68 Å². The Kier molecular flexibility index (Phi) is 5.37. The van der Waals surface area contributed by atoms with Crippen LogP contribution in [0.25, 0.3) is 0 Å². The van der Waals surface area contributed by atoms with Gasteiger partial charge in [-0.15, -0.1) is 12.4 Å². The summed E-state index contributed by atoms with van der Waals surface area (Å²) in [6.45, 7) is 5.15. The van der Waals surface area contributed by atoms with Crippen molar-refractivity contribution in [2.75, 3.05) is 13.1 Å². The molecule has 0 unspecified atom stereocenters. The van der Waals surface area contributed by atoms with Gasteiger partial charge in [0.15, 0.2) is 0 Å². The fourth-order valence-electron chi connectivity index (χ4n) is 2.37. The first-order chi connectivity index (χ1) is 8.42. The molecule has 0 aromatic carbocycles. The van der Waals surface area contributed by atoms with Gasteiger partial charge in [-0.25, -0.2) is 13.1 Å². The van der Waals surface area contributed by atoms with Crippen LogP contribution >= 0.6 is 12.4 Å². The molecule has 0 radical (unpaired) electrons. The molecule has 0 bridgehead atoms. The molecule has 110 valence electrons. The van der Waals surface area contributed by atoms with Crippen molar-refractivity contribution in [3.05, 3.63) is 11.4 Å². The highest BCUT2D eigenvalue weighted by Gasteiger charge is 2.27. The van der Waals surface area contributed by atoms with Gasteiger partial charge in [-0.2, -0.15) is 5.10 Å². The molecule has 6 nitrogen and oxygen atoms in total. The quantitative estimate of drug-likeness (QED) is 0.852. The van der Waals surface area contributed by atoms with Crippen molar-refractivity contribution in [2.45, 2.75) is 37.6 Å². The second kappa shape index (κ2) is 6.21. The molecular weight excluding hydrogens is 288 g/mol. The zero-order valence-electron chi connectivity index (χ0n) is 11.4. The fraction of sp³-hybridized carbons (Fsp3) is 0.727. The molecule has 1 atom stereocenters. The first kappa shape index (κ1) is 16.4. The molecule has 8 heteroatoms. The molecule has 1 aromatic heterocycles.